The number of carbonyl (C=O) groups is 3. The number of methoxy groups -OCH3 is 1. The first-order chi connectivity index (χ1) is 12.6. The number of aromatic nitrogens is 4. The number of ketones is 1. The average molecular weight is 354 g/mol. The van der Waals surface area contributed by atoms with E-state index in [-0.39, 0.29) is 23.0 Å². The minimum Gasteiger partial charge on any atom is -0.497 e. The SMILES string of the molecule is COc1ccc2c(c1)OC(=O)C1=NC=C(C(=O)Nc3nn[nH]n3)C(=O)C12. The van der Waals surface area contributed by atoms with E-state index in [0.717, 1.165) is 6.20 Å². The number of amides is 1. The summed E-state index contributed by atoms with van der Waals surface area (Å²) in [6.45, 7) is 0. The second-order valence-electron chi connectivity index (χ2n) is 5.34. The van der Waals surface area contributed by atoms with Gasteiger partial charge < -0.3 is 9.47 Å². The van der Waals surface area contributed by atoms with Gasteiger partial charge in [0, 0.05) is 17.8 Å². The highest BCUT2D eigenvalue weighted by Gasteiger charge is 2.43. The van der Waals surface area contributed by atoms with Crippen LogP contribution in [-0.2, 0) is 14.4 Å². The number of tetrazole rings is 1. The third-order valence-corrected chi connectivity index (χ3v) is 3.89. The summed E-state index contributed by atoms with van der Waals surface area (Å²) in [6.07, 6.45) is 1.03. The number of esters is 1. The lowest BCUT2D eigenvalue weighted by molar-refractivity contribution is -0.129. The number of aromatic amines is 1. The normalized spacial score (nSPS) is 18.1. The largest absolute Gasteiger partial charge is 0.497 e. The van der Waals surface area contributed by atoms with Crippen LogP contribution in [0.3, 0.4) is 0 Å². The molecule has 1 amide bonds. The molecule has 0 spiro atoms. The number of hydrogen-bond acceptors (Lipinski definition) is 9. The summed E-state index contributed by atoms with van der Waals surface area (Å²) in [4.78, 5) is 41.3. The smallest absolute Gasteiger partial charge is 0.359 e. The fourth-order valence-electron chi connectivity index (χ4n) is 2.69. The number of fused-ring (bicyclic) bond motifs is 3. The predicted octanol–water partition coefficient (Wildman–Crippen LogP) is -0.243. The van der Waals surface area contributed by atoms with Crippen LogP contribution in [0.5, 0.6) is 11.5 Å². The lowest BCUT2D eigenvalue weighted by atomic mass is 9.83. The van der Waals surface area contributed by atoms with Gasteiger partial charge in [-0.1, -0.05) is 11.2 Å². The van der Waals surface area contributed by atoms with Crippen molar-refractivity contribution in [1.82, 2.24) is 20.6 Å². The fraction of sp³-hybridized carbons (Fsp3) is 0.133. The summed E-state index contributed by atoms with van der Waals surface area (Å²) in [5, 5.41) is 15.0. The molecular weight excluding hydrogens is 344 g/mol. The van der Waals surface area contributed by atoms with Crippen LogP contribution in [0.2, 0.25) is 0 Å². The molecule has 1 atom stereocenters. The van der Waals surface area contributed by atoms with Crippen LogP contribution in [0.1, 0.15) is 11.5 Å². The van der Waals surface area contributed by atoms with E-state index in [4.69, 9.17) is 9.47 Å². The van der Waals surface area contributed by atoms with E-state index in [0.29, 0.717) is 11.3 Å². The van der Waals surface area contributed by atoms with Crippen LogP contribution in [0.4, 0.5) is 5.95 Å². The van der Waals surface area contributed by atoms with Crippen molar-refractivity contribution in [2.75, 3.05) is 12.4 Å². The first-order valence-electron chi connectivity index (χ1n) is 7.35. The summed E-state index contributed by atoms with van der Waals surface area (Å²) >= 11 is 0. The third kappa shape index (κ3) is 2.42. The molecule has 1 unspecified atom stereocenters. The molecule has 2 aromatic rings. The molecule has 130 valence electrons. The predicted molar refractivity (Wildman–Crippen MR) is 84.7 cm³/mol. The first-order valence-corrected chi connectivity index (χ1v) is 7.35. The standard InChI is InChI=1S/C15H10N6O5/c1-25-6-2-3-7-9(4-6)26-14(24)11-10(7)12(22)8(5-16-11)13(23)17-15-18-20-21-19-15/h2-5,10H,1H3,(H2,17,18,19,20,21,23). The monoisotopic (exact) mass is 354 g/mol. The van der Waals surface area contributed by atoms with Crippen LogP contribution in [0.15, 0.2) is 35.0 Å². The Morgan fingerprint density at radius 3 is 2.92 bits per heavy atom. The number of hydrogen-bond donors (Lipinski definition) is 2. The minimum absolute atomic E-state index is 0.0798. The zero-order chi connectivity index (χ0) is 18.3. The molecule has 2 aliphatic heterocycles. The zero-order valence-corrected chi connectivity index (χ0v) is 13.2. The lowest BCUT2D eigenvalue weighted by Crippen LogP contribution is -2.40. The van der Waals surface area contributed by atoms with Crippen LogP contribution < -0.4 is 14.8 Å². The number of nitrogens with zero attached hydrogens (tertiary/aromatic N) is 4. The maximum Gasteiger partial charge on any atom is 0.359 e. The van der Waals surface area contributed by atoms with Gasteiger partial charge in [-0.2, -0.15) is 5.21 Å². The Morgan fingerprint density at radius 1 is 1.35 bits per heavy atom. The van der Waals surface area contributed by atoms with Gasteiger partial charge in [-0.15, -0.1) is 5.10 Å². The van der Waals surface area contributed by atoms with Gasteiger partial charge in [0.2, 0.25) is 0 Å². The Balaban J connectivity index is 1.71. The Hall–Kier alpha value is -3.89. The maximum absolute atomic E-state index is 12.9. The molecule has 2 aliphatic rings. The van der Waals surface area contributed by atoms with E-state index in [9.17, 15) is 14.4 Å². The van der Waals surface area contributed by atoms with Crippen LogP contribution in [0, 0.1) is 0 Å². The van der Waals surface area contributed by atoms with Crippen LogP contribution >= 0.6 is 0 Å². The number of nitrogens with one attached hydrogen (secondary N) is 2. The molecule has 11 nitrogen and oxygen atoms in total. The lowest BCUT2D eigenvalue weighted by Gasteiger charge is -2.27. The Kier molecular flexibility index (Phi) is 3.53. The number of ether oxygens (including phenoxy) is 2. The molecule has 4 rings (SSSR count). The van der Waals surface area contributed by atoms with Crippen molar-refractivity contribution in [1.29, 1.82) is 0 Å². The molecule has 0 aliphatic carbocycles. The van der Waals surface area contributed by atoms with Gasteiger partial charge >= 0.3 is 5.97 Å². The Bertz CT molecular complexity index is 994. The number of Topliss-reactive ketones (excluding diaryl/α,β-unsaturated/α-hetero) is 1. The maximum atomic E-state index is 12.9. The molecule has 3 heterocycles. The number of benzene rings is 1. The van der Waals surface area contributed by atoms with Crippen molar-refractivity contribution in [3.8, 4) is 11.5 Å². The summed E-state index contributed by atoms with van der Waals surface area (Å²) in [7, 11) is 1.47. The second-order valence-corrected chi connectivity index (χ2v) is 5.34. The van der Waals surface area contributed by atoms with Crippen molar-refractivity contribution in [2.24, 2.45) is 4.99 Å². The van der Waals surface area contributed by atoms with Gasteiger partial charge in [-0.25, -0.2) is 4.79 Å². The first kappa shape index (κ1) is 15.6. The van der Waals surface area contributed by atoms with Crippen molar-refractivity contribution < 1.29 is 23.9 Å². The average Bonchev–Trinajstić information content (AvgIpc) is 3.14. The van der Waals surface area contributed by atoms with Crippen LogP contribution in [0.25, 0.3) is 0 Å². The molecule has 2 N–H and O–H groups in total. The fourth-order valence-corrected chi connectivity index (χ4v) is 2.69. The van der Waals surface area contributed by atoms with Gasteiger partial charge in [0.05, 0.1) is 7.11 Å². The molecule has 26 heavy (non-hydrogen) atoms. The van der Waals surface area contributed by atoms with Gasteiger partial charge in [0.15, 0.2) is 5.78 Å². The molecular formula is C15H10N6O5. The Labute approximate surface area is 145 Å². The second kappa shape index (κ2) is 5.88. The van der Waals surface area contributed by atoms with Crippen LogP contribution in [-0.4, -0.2) is 51.1 Å². The Morgan fingerprint density at radius 2 is 2.19 bits per heavy atom. The minimum atomic E-state index is -1.03. The van der Waals surface area contributed by atoms with Crippen molar-refractivity contribution in [3.63, 3.8) is 0 Å². The van der Waals surface area contributed by atoms with Crippen molar-refractivity contribution >= 4 is 29.3 Å². The number of anilines is 1. The molecule has 0 saturated heterocycles. The van der Waals surface area contributed by atoms with E-state index in [2.05, 4.69) is 30.9 Å². The summed E-state index contributed by atoms with van der Waals surface area (Å²) < 4.78 is 10.3. The van der Waals surface area contributed by atoms with Crippen molar-refractivity contribution in [3.05, 3.63) is 35.5 Å². The highest BCUT2D eigenvalue weighted by Crippen LogP contribution is 2.38. The summed E-state index contributed by atoms with van der Waals surface area (Å²) in [5.74, 6) is -2.57. The summed E-state index contributed by atoms with van der Waals surface area (Å²) in [6, 6.07) is 4.72. The van der Waals surface area contributed by atoms with Gasteiger partial charge in [0.1, 0.15) is 28.7 Å². The molecule has 0 bridgehead atoms. The zero-order valence-electron chi connectivity index (χ0n) is 13.2. The van der Waals surface area contributed by atoms with Gasteiger partial charge in [0.25, 0.3) is 11.9 Å². The van der Waals surface area contributed by atoms with E-state index in [1.807, 2.05) is 0 Å². The quantitative estimate of drug-likeness (QED) is 0.436. The highest BCUT2D eigenvalue weighted by molar-refractivity contribution is 6.48. The summed E-state index contributed by atoms with van der Waals surface area (Å²) in [5.41, 5.74) is 0.107. The molecule has 1 aromatic carbocycles. The van der Waals surface area contributed by atoms with Crippen molar-refractivity contribution in [2.45, 2.75) is 5.92 Å². The van der Waals surface area contributed by atoms with E-state index < -0.39 is 23.6 Å². The molecule has 0 saturated carbocycles. The number of aliphatic imine (C=N–C) groups is 1. The van der Waals surface area contributed by atoms with Gasteiger partial charge in [-0.05, 0) is 11.3 Å². The number of carbonyl (C=O) groups excluding carboxylic acids is 3. The van der Waals surface area contributed by atoms with E-state index in [1.165, 1.54) is 13.2 Å². The number of H-pyrrole nitrogens is 1. The highest BCUT2D eigenvalue weighted by atomic mass is 16.5. The van der Waals surface area contributed by atoms with Gasteiger partial charge in [-0.3, -0.25) is 19.9 Å². The van der Waals surface area contributed by atoms with E-state index >= 15 is 0 Å². The topological polar surface area (TPSA) is 149 Å². The number of rotatable bonds is 3. The molecule has 1 aromatic heterocycles. The molecule has 0 fully saturated rings. The van der Waals surface area contributed by atoms with E-state index in [1.54, 1.807) is 12.1 Å². The molecule has 11 heteroatoms. The molecule has 0 radical (unpaired) electrons. The third-order valence-electron chi connectivity index (χ3n) is 3.89.